The van der Waals surface area contributed by atoms with Crippen LogP contribution in [0.15, 0.2) is 158 Å². The number of nitrogens with zero attached hydrogens (tertiary/aromatic N) is 2. The first kappa shape index (κ1) is 43.9. The Labute approximate surface area is 368 Å². The summed E-state index contributed by atoms with van der Waals surface area (Å²) in [6.07, 6.45) is 3.31. The van der Waals surface area contributed by atoms with Crippen molar-refractivity contribution in [3.05, 3.63) is 203 Å². The van der Waals surface area contributed by atoms with E-state index in [4.69, 9.17) is 9.47 Å². The van der Waals surface area contributed by atoms with Crippen molar-refractivity contribution in [2.45, 2.75) is 50.0 Å². The summed E-state index contributed by atoms with van der Waals surface area (Å²) in [5, 5.41) is 21.6. The number of carbonyl (C=O) groups is 2. The van der Waals surface area contributed by atoms with Gasteiger partial charge in [-0.25, -0.2) is 17.6 Å². The molecular weight excluding hydrogens is 825 g/mol. The second kappa shape index (κ2) is 19.7. The van der Waals surface area contributed by atoms with Crippen LogP contribution in [-0.4, -0.2) is 35.2 Å². The molecule has 12 heteroatoms. The van der Waals surface area contributed by atoms with Crippen LogP contribution in [0.1, 0.15) is 72.2 Å². The third kappa shape index (κ3) is 9.88. The van der Waals surface area contributed by atoms with Gasteiger partial charge in [0.2, 0.25) is 11.8 Å². The molecule has 6 aromatic carbocycles. The number of aliphatic hydroxyl groups excluding tert-OH is 2. The molecule has 2 amide bonds. The summed E-state index contributed by atoms with van der Waals surface area (Å²) >= 11 is 0. The van der Waals surface area contributed by atoms with Crippen molar-refractivity contribution >= 4 is 23.2 Å². The maximum atomic E-state index is 13.8. The minimum atomic E-state index is -0.863. The fraction of sp³-hybridized carbons (Fsp3) is 0.231. The van der Waals surface area contributed by atoms with Crippen LogP contribution in [0.5, 0.6) is 11.5 Å². The van der Waals surface area contributed by atoms with E-state index in [2.05, 4.69) is 0 Å². The fourth-order valence-corrected chi connectivity index (χ4v) is 8.53. The van der Waals surface area contributed by atoms with Crippen molar-refractivity contribution in [1.29, 1.82) is 0 Å². The molecule has 0 aliphatic carbocycles. The number of hydrogen-bond donors (Lipinski definition) is 2. The van der Waals surface area contributed by atoms with E-state index in [1.165, 1.54) is 72.8 Å². The van der Waals surface area contributed by atoms with Crippen LogP contribution in [-0.2, 0) is 9.59 Å². The molecular formula is C52H46F4N2O6. The van der Waals surface area contributed by atoms with Gasteiger partial charge in [0.05, 0.1) is 36.1 Å². The average molecular weight is 871 g/mol. The molecule has 6 aromatic rings. The van der Waals surface area contributed by atoms with Crippen LogP contribution in [0.3, 0.4) is 0 Å². The van der Waals surface area contributed by atoms with Crippen molar-refractivity contribution in [2.24, 2.45) is 11.8 Å². The van der Waals surface area contributed by atoms with Crippen LogP contribution >= 0.6 is 0 Å². The van der Waals surface area contributed by atoms with Crippen LogP contribution in [0.2, 0.25) is 0 Å². The van der Waals surface area contributed by atoms with Crippen molar-refractivity contribution in [3.8, 4) is 11.5 Å². The monoisotopic (exact) mass is 870 g/mol. The van der Waals surface area contributed by atoms with Gasteiger partial charge in [-0.05, 0) is 157 Å². The van der Waals surface area contributed by atoms with E-state index in [0.717, 1.165) is 11.1 Å². The highest BCUT2D eigenvalue weighted by molar-refractivity contribution is 6.04. The molecule has 8 rings (SSSR count). The fourth-order valence-electron chi connectivity index (χ4n) is 8.53. The van der Waals surface area contributed by atoms with Gasteiger partial charge in [-0.2, -0.15) is 0 Å². The number of halogens is 4. The SMILES string of the molecule is O=C1[C@H](CC[C@H](O)c2ccc(F)cc2)[C@@H](c2ccc(OCC=CCOc3ccc([C@@H]4[C@@H](CC[C@H](O)c5ccc(F)cc5)C(=O)N4c4ccc(F)cc4)cc3)cc2)N1c1ccc(F)cc1. The second-order valence-corrected chi connectivity index (χ2v) is 16.0. The van der Waals surface area contributed by atoms with Crippen molar-refractivity contribution in [3.63, 3.8) is 0 Å². The summed E-state index contributed by atoms with van der Waals surface area (Å²) in [6, 6.07) is 37.0. The van der Waals surface area contributed by atoms with Gasteiger partial charge in [0.25, 0.3) is 0 Å². The summed E-state index contributed by atoms with van der Waals surface area (Å²) in [4.78, 5) is 30.2. The topological polar surface area (TPSA) is 99.5 Å². The Hall–Kier alpha value is -6.76. The maximum Gasteiger partial charge on any atom is 0.233 e. The lowest BCUT2D eigenvalue weighted by molar-refractivity contribution is -0.131. The average Bonchev–Trinajstić information content (AvgIpc) is 3.30. The summed E-state index contributed by atoms with van der Waals surface area (Å²) in [7, 11) is 0. The quantitative estimate of drug-likeness (QED) is 0.0507. The van der Waals surface area contributed by atoms with E-state index >= 15 is 0 Å². The van der Waals surface area contributed by atoms with Gasteiger partial charge in [0.1, 0.15) is 48.0 Å². The van der Waals surface area contributed by atoms with E-state index in [1.807, 2.05) is 60.7 Å². The molecule has 64 heavy (non-hydrogen) atoms. The lowest BCUT2D eigenvalue weighted by Gasteiger charge is -2.48. The highest BCUT2D eigenvalue weighted by Crippen LogP contribution is 2.48. The summed E-state index contributed by atoms with van der Waals surface area (Å²) < 4.78 is 66.3. The number of aliphatic hydroxyl groups is 2. The lowest BCUT2D eigenvalue weighted by Crippen LogP contribution is -2.55. The smallest absolute Gasteiger partial charge is 0.233 e. The van der Waals surface area contributed by atoms with Gasteiger partial charge in [-0.3, -0.25) is 9.59 Å². The zero-order chi connectivity index (χ0) is 44.7. The molecule has 6 atom stereocenters. The number of benzene rings is 6. The summed E-state index contributed by atoms with van der Waals surface area (Å²) in [6.45, 7) is 0.530. The van der Waals surface area contributed by atoms with Gasteiger partial charge in [0.15, 0.2) is 0 Å². The van der Waals surface area contributed by atoms with Crippen LogP contribution < -0.4 is 19.3 Å². The Kier molecular flexibility index (Phi) is 13.5. The number of β-lactam (4-membered cyclic amide) rings is 2. The molecule has 328 valence electrons. The lowest BCUT2D eigenvalue weighted by atomic mass is 9.78. The van der Waals surface area contributed by atoms with Crippen molar-refractivity contribution < 1.29 is 46.8 Å². The normalized spacial score (nSPS) is 19.3. The molecule has 0 spiro atoms. The van der Waals surface area contributed by atoms with Gasteiger partial charge in [0, 0.05) is 11.4 Å². The predicted molar refractivity (Wildman–Crippen MR) is 234 cm³/mol. The molecule has 2 heterocycles. The number of amides is 2. The Balaban J connectivity index is 0.848. The first-order chi connectivity index (χ1) is 31.0. The molecule has 0 saturated carbocycles. The van der Waals surface area contributed by atoms with Crippen molar-refractivity contribution in [2.75, 3.05) is 23.0 Å². The largest absolute Gasteiger partial charge is 0.490 e. The van der Waals surface area contributed by atoms with Gasteiger partial charge in [-0.1, -0.05) is 48.5 Å². The minimum absolute atomic E-state index is 0.128. The first-order valence-electron chi connectivity index (χ1n) is 21.2. The first-order valence-corrected chi connectivity index (χ1v) is 21.2. The zero-order valence-corrected chi connectivity index (χ0v) is 34.7. The summed E-state index contributed by atoms with van der Waals surface area (Å²) in [5.74, 6) is -1.50. The van der Waals surface area contributed by atoms with Crippen LogP contribution in [0, 0.1) is 35.1 Å². The van der Waals surface area contributed by atoms with Gasteiger partial charge >= 0.3 is 0 Å². The van der Waals surface area contributed by atoms with E-state index in [9.17, 15) is 37.4 Å². The molecule has 2 saturated heterocycles. The van der Waals surface area contributed by atoms with Gasteiger partial charge < -0.3 is 29.5 Å². The number of ether oxygens (including phenoxy) is 2. The second-order valence-electron chi connectivity index (χ2n) is 16.0. The standard InChI is InChI=1S/C52H46F4N2O6/c53-37-11-3-33(4-12-37)47(59)29-27-45-49(57(51(45)61)41-19-15-39(55)16-20-41)35-7-23-43(24-8-35)63-31-1-2-32-64-44-25-9-36(10-26-44)50-46(28-30-48(60)34-5-13-38(54)14-6-34)52(62)58(50)42-21-17-40(56)18-22-42/h1-26,45-50,59-60H,27-32H2/t45-,46-,47+,48+,49-,50-/m1/s1. The molecule has 2 N–H and O–H groups in total. The predicted octanol–water partition coefficient (Wildman–Crippen LogP) is 10.7. The number of anilines is 2. The molecule has 0 radical (unpaired) electrons. The highest BCUT2D eigenvalue weighted by atomic mass is 19.1. The minimum Gasteiger partial charge on any atom is -0.490 e. The molecule has 0 unspecified atom stereocenters. The summed E-state index contributed by atoms with van der Waals surface area (Å²) in [5.41, 5.74) is 4.00. The van der Waals surface area contributed by atoms with Crippen LogP contribution in [0.25, 0.3) is 0 Å². The van der Waals surface area contributed by atoms with E-state index in [0.29, 0.717) is 59.7 Å². The zero-order valence-electron chi connectivity index (χ0n) is 34.7. The number of carbonyl (C=O) groups excluding carboxylic acids is 2. The molecule has 0 aromatic heterocycles. The Morgan fingerprint density at radius 1 is 0.469 bits per heavy atom. The van der Waals surface area contributed by atoms with E-state index < -0.39 is 47.3 Å². The van der Waals surface area contributed by atoms with E-state index in [1.54, 1.807) is 34.1 Å². The third-order valence-electron chi connectivity index (χ3n) is 12.0. The molecule has 0 bridgehead atoms. The van der Waals surface area contributed by atoms with E-state index in [-0.39, 0.29) is 37.1 Å². The van der Waals surface area contributed by atoms with Crippen LogP contribution in [0.4, 0.5) is 28.9 Å². The Bertz CT molecular complexity index is 2360. The number of hydrogen-bond acceptors (Lipinski definition) is 6. The van der Waals surface area contributed by atoms with Crippen molar-refractivity contribution in [1.82, 2.24) is 0 Å². The molecule has 2 aliphatic rings. The molecule has 2 aliphatic heterocycles. The third-order valence-corrected chi connectivity index (χ3v) is 12.0. The maximum absolute atomic E-state index is 13.8. The highest BCUT2D eigenvalue weighted by Gasteiger charge is 2.49. The Morgan fingerprint density at radius 3 is 1.11 bits per heavy atom. The molecule has 2 fully saturated rings. The molecule has 8 nitrogen and oxygen atoms in total. The van der Waals surface area contributed by atoms with Gasteiger partial charge in [-0.15, -0.1) is 0 Å². The number of rotatable bonds is 18. The Morgan fingerprint density at radius 2 is 0.781 bits per heavy atom.